The van der Waals surface area contributed by atoms with E-state index in [2.05, 4.69) is 15.2 Å². The Balaban J connectivity index is 1.78. The quantitative estimate of drug-likeness (QED) is 0.536. The molecule has 1 aliphatic heterocycles. The van der Waals surface area contributed by atoms with Gasteiger partial charge in [0.05, 0.1) is 5.75 Å². The van der Waals surface area contributed by atoms with Crippen LogP contribution in [0.3, 0.4) is 0 Å². The van der Waals surface area contributed by atoms with Gasteiger partial charge in [0, 0.05) is 52.6 Å². The second-order valence-electron chi connectivity index (χ2n) is 6.49. The highest BCUT2D eigenvalue weighted by atomic mass is 32.2. The molecule has 0 bridgehead atoms. The molecule has 0 aromatic heterocycles. The summed E-state index contributed by atoms with van der Waals surface area (Å²) in [6, 6.07) is 9.88. The zero-order valence-electron chi connectivity index (χ0n) is 16.6. The summed E-state index contributed by atoms with van der Waals surface area (Å²) < 4.78 is 32.1. The monoisotopic (exact) mass is 396 g/mol. The number of ether oxygens (including phenoxy) is 1. The van der Waals surface area contributed by atoms with Crippen LogP contribution in [-0.2, 0) is 10.0 Å². The lowest BCUT2D eigenvalue weighted by Crippen LogP contribution is -2.48. The van der Waals surface area contributed by atoms with Gasteiger partial charge in [-0.15, -0.1) is 0 Å². The van der Waals surface area contributed by atoms with Gasteiger partial charge in [0.15, 0.2) is 5.96 Å². The van der Waals surface area contributed by atoms with Crippen LogP contribution in [0, 0.1) is 0 Å². The predicted molar refractivity (Wildman–Crippen MR) is 110 cm³/mol. The summed E-state index contributed by atoms with van der Waals surface area (Å²) in [5.74, 6) is 1.73. The minimum absolute atomic E-state index is 0.0707. The van der Waals surface area contributed by atoms with E-state index in [0.717, 1.165) is 37.6 Å². The van der Waals surface area contributed by atoms with E-state index < -0.39 is 10.0 Å². The molecule has 1 aromatic rings. The summed E-state index contributed by atoms with van der Waals surface area (Å²) in [4.78, 5) is 6.47. The number of nitrogens with one attached hydrogen (secondary N) is 1. The Morgan fingerprint density at radius 1 is 1.22 bits per heavy atom. The third-order valence-corrected chi connectivity index (χ3v) is 6.76. The molecule has 0 saturated carbocycles. The van der Waals surface area contributed by atoms with Crippen molar-refractivity contribution in [1.82, 2.24) is 14.5 Å². The summed E-state index contributed by atoms with van der Waals surface area (Å²) >= 11 is 0. The number of likely N-dealkylation sites (tertiary alicyclic amines) is 1. The maximum absolute atomic E-state index is 12.3. The molecule has 7 nitrogen and oxygen atoms in total. The summed E-state index contributed by atoms with van der Waals surface area (Å²) in [6.07, 6.45) is 2.02. The maximum atomic E-state index is 12.3. The number of para-hydroxylation sites is 1. The van der Waals surface area contributed by atoms with E-state index in [1.807, 2.05) is 44.2 Å². The largest absolute Gasteiger partial charge is 0.490 e. The van der Waals surface area contributed by atoms with Gasteiger partial charge in [-0.3, -0.25) is 4.99 Å². The molecule has 0 aliphatic carbocycles. The minimum Gasteiger partial charge on any atom is -0.490 e. The van der Waals surface area contributed by atoms with Crippen LogP contribution in [0.1, 0.15) is 26.7 Å². The molecule has 8 heteroatoms. The molecule has 152 valence electrons. The summed E-state index contributed by atoms with van der Waals surface area (Å²) in [7, 11) is -1.49. The van der Waals surface area contributed by atoms with Crippen LogP contribution < -0.4 is 10.1 Å². The van der Waals surface area contributed by atoms with Crippen molar-refractivity contribution in [2.45, 2.75) is 32.8 Å². The van der Waals surface area contributed by atoms with Crippen LogP contribution in [0.2, 0.25) is 0 Å². The van der Waals surface area contributed by atoms with Gasteiger partial charge in [-0.25, -0.2) is 12.7 Å². The van der Waals surface area contributed by atoms with Crippen LogP contribution in [0.25, 0.3) is 0 Å². The average molecular weight is 397 g/mol. The Kier molecular flexibility index (Phi) is 8.37. The normalized spacial score (nSPS) is 16.6. The number of piperidine rings is 1. The van der Waals surface area contributed by atoms with Gasteiger partial charge in [-0.05, 0) is 12.1 Å². The van der Waals surface area contributed by atoms with E-state index in [-0.39, 0.29) is 11.9 Å². The third-order valence-electron chi connectivity index (χ3n) is 4.74. The highest BCUT2D eigenvalue weighted by Crippen LogP contribution is 2.18. The fraction of sp³-hybridized carbons (Fsp3) is 0.632. The van der Waals surface area contributed by atoms with Crippen molar-refractivity contribution in [2.75, 3.05) is 45.5 Å². The van der Waals surface area contributed by atoms with Gasteiger partial charge >= 0.3 is 0 Å². The zero-order chi connectivity index (χ0) is 19.7. The second-order valence-corrected chi connectivity index (χ2v) is 8.58. The first-order valence-electron chi connectivity index (χ1n) is 9.65. The Morgan fingerprint density at radius 3 is 2.41 bits per heavy atom. The molecule has 1 fully saturated rings. The molecule has 2 rings (SSSR count). The van der Waals surface area contributed by atoms with Crippen molar-refractivity contribution >= 4 is 16.0 Å². The molecule has 1 N–H and O–H groups in total. The van der Waals surface area contributed by atoms with Crippen molar-refractivity contribution in [3.05, 3.63) is 30.3 Å². The average Bonchev–Trinajstić information content (AvgIpc) is 2.67. The van der Waals surface area contributed by atoms with Crippen molar-refractivity contribution in [3.63, 3.8) is 0 Å². The molecule has 0 atom stereocenters. The van der Waals surface area contributed by atoms with Crippen LogP contribution in [0.5, 0.6) is 5.75 Å². The number of rotatable bonds is 8. The summed E-state index contributed by atoms with van der Waals surface area (Å²) in [6.45, 7) is 6.74. The van der Waals surface area contributed by atoms with Gasteiger partial charge in [0.25, 0.3) is 0 Å². The third kappa shape index (κ3) is 6.39. The molecule has 0 unspecified atom stereocenters. The first kappa shape index (κ1) is 21.5. The first-order chi connectivity index (χ1) is 13.0. The number of nitrogens with zero attached hydrogens (tertiary/aromatic N) is 3. The zero-order valence-corrected chi connectivity index (χ0v) is 17.4. The van der Waals surface area contributed by atoms with E-state index in [4.69, 9.17) is 4.74 Å². The number of hydrogen-bond acceptors (Lipinski definition) is 4. The van der Waals surface area contributed by atoms with E-state index in [1.54, 1.807) is 7.05 Å². The van der Waals surface area contributed by atoms with Crippen LogP contribution in [0.4, 0.5) is 0 Å². The molecule has 1 saturated heterocycles. The van der Waals surface area contributed by atoms with Gasteiger partial charge in [0.2, 0.25) is 10.0 Å². The van der Waals surface area contributed by atoms with Gasteiger partial charge in [-0.2, -0.15) is 0 Å². The number of benzene rings is 1. The summed E-state index contributed by atoms with van der Waals surface area (Å²) in [5.41, 5.74) is 0. The topological polar surface area (TPSA) is 74.2 Å². The molecule has 1 heterocycles. The van der Waals surface area contributed by atoms with Crippen molar-refractivity contribution in [2.24, 2.45) is 4.99 Å². The lowest BCUT2D eigenvalue weighted by molar-refractivity contribution is 0.129. The Morgan fingerprint density at radius 2 is 1.85 bits per heavy atom. The van der Waals surface area contributed by atoms with E-state index >= 15 is 0 Å². The fourth-order valence-electron chi connectivity index (χ4n) is 3.25. The maximum Gasteiger partial charge on any atom is 0.215 e. The molecular weight excluding hydrogens is 364 g/mol. The number of guanidine groups is 1. The predicted octanol–water partition coefficient (Wildman–Crippen LogP) is 1.78. The van der Waals surface area contributed by atoms with Crippen molar-refractivity contribution < 1.29 is 13.2 Å². The lowest BCUT2D eigenvalue weighted by atomic mass is 10.1. The molecule has 0 amide bonds. The number of sulfonamides is 1. The standard InChI is InChI=1S/C19H32N4O3S/c1-4-23(5-2)27(24,25)16-13-21-19(20-3)22-14-11-18(12-15-22)26-17-9-7-6-8-10-17/h6-10,18H,4-5,11-16H2,1-3H3,(H,20,21). The Labute approximate surface area is 163 Å². The van der Waals surface area contributed by atoms with Crippen molar-refractivity contribution in [1.29, 1.82) is 0 Å². The molecule has 0 radical (unpaired) electrons. The first-order valence-corrected chi connectivity index (χ1v) is 11.3. The highest BCUT2D eigenvalue weighted by molar-refractivity contribution is 7.89. The molecule has 1 aromatic carbocycles. The summed E-state index contributed by atoms with van der Waals surface area (Å²) in [5, 5.41) is 3.19. The van der Waals surface area contributed by atoms with E-state index in [9.17, 15) is 8.42 Å². The fourth-order valence-corrected chi connectivity index (χ4v) is 4.65. The molecule has 0 spiro atoms. The smallest absolute Gasteiger partial charge is 0.215 e. The Hall–Kier alpha value is -1.80. The lowest BCUT2D eigenvalue weighted by Gasteiger charge is -2.34. The SMILES string of the molecule is CCN(CC)S(=O)(=O)CCNC(=NC)N1CCC(Oc2ccccc2)CC1. The van der Waals surface area contributed by atoms with E-state index in [0.29, 0.717) is 19.6 Å². The molecular formula is C19H32N4O3S. The van der Waals surface area contributed by atoms with Crippen molar-refractivity contribution in [3.8, 4) is 5.75 Å². The van der Waals surface area contributed by atoms with Crippen LogP contribution >= 0.6 is 0 Å². The number of aliphatic imine (C=N–C) groups is 1. The van der Waals surface area contributed by atoms with Gasteiger partial charge < -0.3 is 15.0 Å². The van der Waals surface area contributed by atoms with Crippen LogP contribution in [-0.4, -0.2) is 75.2 Å². The van der Waals surface area contributed by atoms with Gasteiger partial charge in [0.1, 0.15) is 11.9 Å². The molecule has 27 heavy (non-hydrogen) atoms. The highest BCUT2D eigenvalue weighted by Gasteiger charge is 2.23. The van der Waals surface area contributed by atoms with Gasteiger partial charge in [-0.1, -0.05) is 32.0 Å². The van der Waals surface area contributed by atoms with E-state index in [1.165, 1.54) is 4.31 Å². The number of hydrogen-bond donors (Lipinski definition) is 1. The second kappa shape index (κ2) is 10.5. The molecule has 1 aliphatic rings. The Bertz CT molecular complexity index is 682. The van der Waals surface area contributed by atoms with Crippen LogP contribution in [0.15, 0.2) is 35.3 Å². The minimum atomic E-state index is -3.22.